The molecular weight excluding hydrogens is 142 g/mol. The predicted octanol–water partition coefficient (Wildman–Crippen LogP) is -0.414. The van der Waals surface area contributed by atoms with Gasteiger partial charge < -0.3 is 10.8 Å². The Morgan fingerprint density at radius 2 is 2.45 bits per heavy atom. The summed E-state index contributed by atoms with van der Waals surface area (Å²) in [6.07, 6.45) is 3.37. The molecule has 0 spiro atoms. The zero-order valence-electron chi connectivity index (χ0n) is 6.78. The third-order valence-electron chi connectivity index (χ3n) is 1.72. The van der Waals surface area contributed by atoms with Crippen LogP contribution < -0.4 is 5.73 Å². The number of nitrogens with zero attached hydrogens (tertiary/aromatic N) is 2. The van der Waals surface area contributed by atoms with E-state index in [-0.39, 0.29) is 6.54 Å². The second kappa shape index (κ2) is 2.64. The molecule has 4 nitrogen and oxygen atoms in total. The van der Waals surface area contributed by atoms with Gasteiger partial charge in [-0.3, -0.25) is 4.68 Å². The highest BCUT2D eigenvalue weighted by Gasteiger charge is 2.21. The van der Waals surface area contributed by atoms with E-state index in [2.05, 4.69) is 5.10 Å². The summed E-state index contributed by atoms with van der Waals surface area (Å²) in [6, 6.07) is 0. The molecule has 1 rings (SSSR count). The van der Waals surface area contributed by atoms with E-state index in [0.29, 0.717) is 0 Å². The maximum absolute atomic E-state index is 9.63. The van der Waals surface area contributed by atoms with Gasteiger partial charge in [0.05, 0.1) is 6.20 Å². The first-order chi connectivity index (χ1) is 5.06. The van der Waals surface area contributed by atoms with Crippen molar-refractivity contribution in [2.24, 2.45) is 12.8 Å². The Morgan fingerprint density at radius 1 is 1.82 bits per heavy atom. The highest BCUT2D eigenvalue weighted by Crippen LogP contribution is 2.17. The molecule has 1 atom stereocenters. The Hall–Kier alpha value is -0.870. The molecule has 0 aromatic carbocycles. The van der Waals surface area contributed by atoms with Gasteiger partial charge in [-0.2, -0.15) is 5.10 Å². The molecule has 11 heavy (non-hydrogen) atoms. The molecule has 0 aliphatic carbocycles. The fraction of sp³-hybridized carbons (Fsp3) is 0.571. The maximum atomic E-state index is 9.63. The quantitative estimate of drug-likeness (QED) is 0.610. The Labute approximate surface area is 65.6 Å². The summed E-state index contributed by atoms with van der Waals surface area (Å²) in [7, 11) is 1.80. The van der Waals surface area contributed by atoms with Crippen LogP contribution in [0.4, 0.5) is 0 Å². The van der Waals surface area contributed by atoms with Crippen molar-refractivity contribution in [2.45, 2.75) is 12.5 Å². The highest BCUT2D eigenvalue weighted by molar-refractivity contribution is 5.13. The van der Waals surface area contributed by atoms with E-state index in [1.807, 2.05) is 0 Å². The maximum Gasteiger partial charge on any atom is 0.102 e. The van der Waals surface area contributed by atoms with Crippen LogP contribution in [-0.4, -0.2) is 21.4 Å². The Morgan fingerprint density at radius 3 is 2.82 bits per heavy atom. The third-order valence-corrected chi connectivity index (χ3v) is 1.72. The van der Waals surface area contributed by atoms with Gasteiger partial charge in [-0.25, -0.2) is 0 Å². The highest BCUT2D eigenvalue weighted by atomic mass is 16.3. The van der Waals surface area contributed by atoms with Crippen molar-refractivity contribution in [1.82, 2.24) is 9.78 Å². The van der Waals surface area contributed by atoms with Gasteiger partial charge in [0.2, 0.25) is 0 Å². The lowest BCUT2D eigenvalue weighted by molar-refractivity contribution is 0.0667. The fourth-order valence-corrected chi connectivity index (χ4v) is 0.817. The van der Waals surface area contributed by atoms with E-state index >= 15 is 0 Å². The van der Waals surface area contributed by atoms with E-state index < -0.39 is 5.60 Å². The lowest BCUT2D eigenvalue weighted by atomic mass is 10.0. The monoisotopic (exact) mass is 155 g/mol. The summed E-state index contributed by atoms with van der Waals surface area (Å²) in [5.41, 5.74) is 5.16. The number of rotatable bonds is 2. The lowest BCUT2D eigenvalue weighted by Gasteiger charge is -2.18. The Balaban J connectivity index is 2.92. The van der Waals surface area contributed by atoms with Crippen molar-refractivity contribution < 1.29 is 5.11 Å². The molecule has 4 heteroatoms. The number of aryl methyl sites for hydroxylation is 1. The minimum absolute atomic E-state index is 0.207. The minimum Gasteiger partial charge on any atom is -0.384 e. The summed E-state index contributed by atoms with van der Waals surface area (Å²) < 4.78 is 1.64. The fourth-order valence-electron chi connectivity index (χ4n) is 0.817. The molecule has 0 saturated heterocycles. The predicted molar refractivity (Wildman–Crippen MR) is 41.8 cm³/mol. The molecule has 0 aliphatic rings. The van der Waals surface area contributed by atoms with Gasteiger partial charge in [0.1, 0.15) is 5.60 Å². The van der Waals surface area contributed by atoms with Crippen molar-refractivity contribution in [1.29, 1.82) is 0 Å². The Bertz CT molecular complexity index is 242. The van der Waals surface area contributed by atoms with Crippen LogP contribution in [0, 0.1) is 0 Å². The zero-order chi connectivity index (χ0) is 8.48. The molecule has 1 aromatic rings. The van der Waals surface area contributed by atoms with Crippen molar-refractivity contribution in [2.75, 3.05) is 6.54 Å². The number of hydrogen-bond acceptors (Lipinski definition) is 3. The van der Waals surface area contributed by atoms with E-state index in [0.717, 1.165) is 5.56 Å². The van der Waals surface area contributed by atoms with Gasteiger partial charge in [0.25, 0.3) is 0 Å². The standard InChI is InChI=1S/C7H13N3O/c1-7(11,5-8)6-3-9-10(2)4-6/h3-4,11H,5,8H2,1-2H3/t7-/m1/s1. The molecule has 0 bridgehead atoms. The SMILES string of the molecule is Cn1cc([C@](C)(O)CN)cn1. The van der Waals surface area contributed by atoms with Gasteiger partial charge >= 0.3 is 0 Å². The van der Waals surface area contributed by atoms with Crippen LogP contribution in [0.5, 0.6) is 0 Å². The van der Waals surface area contributed by atoms with E-state index in [1.54, 1.807) is 31.0 Å². The topological polar surface area (TPSA) is 64.1 Å². The van der Waals surface area contributed by atoms with E-state index in [1.165, 1.54) is 0 Å². The normalized spacial score (nSPS) is 16.4. The summed E-state index contributed by atoms with van der Waals surface area (Å²) in [5, 5.41) is 13.6. The first-order valence-corrected chi connectivity index (χ1v) is 3.48. The molecular formula is C7H13N3O. The molecule has 0 fully saturated rings. The first-order valence-electron chi connectivity index (χ1n) is 3.48. The Kier molecular flexibility index (Phi) is 1.97. The molecule has 62 valence electrons. The molecule has 1 aromatic heterocycles. The van der Waals surface area contributed by atoms with Crippen LogP contribution in [0.25, 0.3) is 0 Å². The van der Waals surface area contributed by atoms with Gasteiger partial charge in [0.15, 0.2) is 0 Å². The van der Waals surface area contributed by atoms with Crippen molar-refractivity contribution >= 4 is 0 Å². The van der Waals surface area contributed by atoms with Crippen LogP contribution in [-0.2, 0) is 12.6 Å². The molecule has 3 N–H and O–H groups in total. The van der Waals surface area contributed by atoms with Gasteiger partial charge in [-0.05, 0) is 6.92 Å². The third kappa shape index (κ3) is 1.58. The lowest BCUT2D eigenvalue weighted by Crippen LogP contribution is -2.30. The number of aromatic nitrogens is 2. The summed E-state index contributed by atoms with van der Waals surface area (Å²) in [5.74, 6) is 0. The van der Waals surface area contributed by atoms with Crippen molar-refractivity contribution in [3.63, 3.8) is 0 Å². The second-order valence-electron chi connectivity index (χ2n) is 2.88. The smallest absolute Gasteiger partial charge is 0.102 e. The van der Waals surface area contributed by atoms with Crippen molar-refractivity contribution in [3.8, 4) is 0 Å². The molecule has 1 heterocycles. The minimum atomic E-state index is -0.950. The summed E-state index contributed by atoms with van der Waals surface area (Å²) >= 11 is 0. The van der Waals surface area contributed by atoms with E-state index in [4.69, 9.17) is 5.73 Å². The second-order valence-corrected chi connectivity index (χ2v) is 2.88. The van der Waals surface area contributed by atoms with E-state index in [9.17, 15) is 5.11 Å². The largest absolute Gasteiger partial charge is 0.384 e. The molecule has 0 radical (unpaired) electrons. The molecule has 0 aliphatic heterocycles. The van der Waals surface area contributed by atoms with Crippen LogP contribution in [0.2, 0.25) is 0 Å². The number of aliphatic hydroxyl groups is 1. The van der Waals surface area contributed by atoms with Crippen LogP contribution >= 0.6 is 0 Å². The summed E-state index contributed by atoms with van der Waals surface area (Å²) in [4.78, 5) is 0. The van der Waals surface area contributed by atoms with Gasteiger partial charge in [-0.15, -0.1) is 0 Å². The molecule has 0 saturated carbocycles. The number of hydrogen-bond donors (Lipinski definition) is 2. The average molecular weight is 155 g/mol. The zero-order valence-corrected chi connectivity index (χ0v) is 6.78. The molecule has 0 amide bonds. The van der Waals surface area contributed by atoms with Crippen LogP contribution in [0.15, 0.2) is 12.4 Å². The number of nitrogens with two attached hydrogens (primary N) is 1. The van der Waals surface area contributed by atoms with Gasteiger partial charge in [-0.1, -0.05) is 0 Å². The average Bonchev–Trinajstić information content (AvgIpc) is 2.36. The first kappa shape index (κ1) is 8.23. The van der Waals surface area contributed by atoms with Crippen LogP contribution in [0.1, 0.15) is 12.5 Å². The van der Waals surface area contributed by atoms with Gasteiger partial charge in [0, 0.05) is 25.4 Å². The van der Waals surface area contributed by atoms with Crippen molar-refractivity contribution in [3.05, 3.63) is 18.0 Å². The summed E-state index contributed by atoms with van der Waals surface area (Å²) in [6.45, 7) is 1.88. The van der Waals surface area contributed by atoms with Crippen LogP contribution in [0.3, 0.4) is 0 Å². The molecule has 0 unspecified atom stereocenters.